The maximum atomic E-state index is 11.1. The van der Waals surface area contributed by atoms with Crippen molar-refractivity contribution in [3.8, 4) is 17.6 Å². The maximum absolute atomic E-state index is 11.1. The summed E-state index contributed by atoms with van der Waals surface area (Å²) in [5.74, 6) is 0.653. The van der Waals surface area contributed by atoms with Crippen LogP contribution < -0.4 is 19.7 Å². The van der Waals surface area contributed by atoms with E-state index in [2.05, 4.69) is 35.3 Å². The molecule has 0 spiro atoms. The second-order valence-electron chi connectivity index (χ2n) is 8.88. The minimum atomic E-state index is -0.819. The average molecular weight is 470 g/mol. The van der Waals surface area contributed by atoms with Gasteiger partial charge in [-0.3, -0.25) is 4.79 Å². The van der Waals surface area contributed by atoms with Crippen LogP contribution in [0, 0.1) is 11.3 Å². The molecule has 5 rings (SSSR count). The molecular formula is C28H27N3O4. The first-order chi connectivity index (χ1) is 17.1. The van der Waals surface area contributed by atoms with Gasteiger partial charge in [-0.05, 0) is 36.8 Å². The van der Waals surface area contributed by atoms with Crippen molar-refractivity contribution >= 4 is 23.0 Å². The highest BCUT2D eigenvalue weighted by Gasteiger charge is 2.30. The molecule has 2 atom stereocenters. The van der Waals surface area contributed by atoms with Crippen molar-refractivity contribution in [3.05, 3.63) is 77.4 Å². The van der Waals surface area contributed by atoms with Crippen LogP contribution in [-0.2, 0) is 4.79 Å². The number of nitriles is 1. The fourth-order valence-corrected chi connectivity index (χ4v) is 4.87. The smallest absolute Gasteiger partial charge is 0.304 e. The normalized spacial score (nSPS) is 17.5. The molecule has 0 unspecified atom stereocenters. The van der Waals surface area contributed by atoms with Crippen LogP contribution >= 0.6 is 0 Å². The molecule has 0 fully saturated rings. The molecule has 0 saturated carbocycles. The molecule has 178 valence electrons. The number of nitrogens with one attached hydrogen (secondary N) is 1. The number of hydrogen-bond donors (Lipinski definition) is 2. The van der Waals surface area contributed by atoms with E-state index in [0.717, 1.165) is 52.7 Å². The van der Waals surface area contributed by atoms with Gasteiger partial charge in [0.05, 0.1) is 36.4 Å². The van der Waals surface area contributed by atoms with E-state index in [4.69, 9.17) is 14.6 Å². The SMILES string of the molecule is CCCN(c1cccc(C#N)c1)c1cccc2c1OC[C@H]2Nc1ccc2c(c1)OC[C@H]2CC(=O)O. The number of carboxylic acid groups (broad SMARTS) is 1. The van der Waals surface area contributed by atoms with Gasteiger partial charge in [-0.2, -0.15) is 5.26 Å². The molecule has 2 aliphatic rings. The monoisotopic (exact) mass is 469 g/mol. The van der Waals surface area contributed by atoms with Crippen molar-refractivity contribution in [2.45, 2.75) is 31.7 Å². The van der Waals surface area contributed by atoms with E-state index < -0.39 is 5.97 Å². The molecule has 2 aliphatic heterocycles. The Morgan fingerprint density at radius 2 is 1.97 bits per heavy atom. The van der Waals surface area contributed by atoms with Crippen molar-refractivity contribution in [2.75, 3.05) is 30.0 Å². The van der Waals surface area contributed by atoms with Crippen LogP contribution in [0.1, 0.15) is 48.4 Å². The molecule has 0 aliphatic carbocycles. The summed E-state index contributed by atoms with van der Waals surface area (Å²) in [5, 5.41) is 22.0. The zero-order chi connectivity index (χ0) is 24.4. The van der Waals surface area contributed by atoms with Gasteiger partial charge in [0.25, 0.3) is 0 Å². The number of para-hydroxylation sites is 1. The van der Waals surface area contributed by atoms with Gasteiger partial charge in [-0.15, -0.1) is 0 Å². The fourth-order valence-electron chi connectivity index (χ4n) is 4.87. The minimum Gasteiger partial charge on any atom is -0.493 e. The predicted molar refractivity (Wildman–Crippen MR) is 134 cm³/mol. The summed E-state index contributed by atoms with van der Waals surface area (Å²) in [4.78, 5) is 13.3. The van der Waals surface area contributed by atoms with Crippen LogP contribution in [0.3, 0.4) is 0 Å². The first kappa shape index (κ1) is 22.6. The Labute approximate surface area is 204 Å². The van der Waals surface area contributed by atoms with Crippen molar-refractivity contribution in [2.24, 2.45) is 0 Å². The molecule has 2 N–H and O–H groups in total. The second-order valence-corrected chi connectivity index (χ2v) is 8.88. The molecule has 2 heterocycles. The number of benzene rings is 3. The Bertz CT molecular complexity index is 1300. The summed E-state index contributed by atoms with van der Waals surface area (Å²) in [6.07, 6.45) is 1.01. The molecule has 7 heteroatoms. The number of nitrogens with zero attached hydrogens (tertiary/aromatic N) is 2. The van der Waals surface area contributed by atoms with Crippen molar-refractivity contribution in [1.29, 1.82) is 5.26 Å². The van der Waals surface area contributed by atoms with Crippen molar-refractivity contribution in [1.82, 2.24) is 0 Å². The second kappa shape index (κ2) is 9.59. The summed E-state index contributed by atoms with van der Waals surface area (Å²) in [5.41, 5.74) is 5.49. The lowest BCUT2D eigenvalue weighted by Crippen LogP contribution is -2.18. The number of hydrogen-bond acceptors (Lipinski definition) is 6. The molecular weight excluding hydrogens is 442 g/mol. The number of fused-ring (bicyclic) bond motifs is 2. The molecule has 0 radical (unpaired) electrons. The first-order valence-electron chi connectivity index (χ1n) is 11.9. The number of carbonyl (C=O) groups is 1. The van der Waals surface area contributed by atoms with E-state index in [0.29, 0.717) is 18.8 Å². The number of anilines is 3. The molecule has 7 nitrogen and oxygen atoms in total. The Kier molecular flexibility index (Phi) is 6.19. The van der Waals surface area contributed by atoms with Gasteiger partial charge in [-0.25, -0.2) is 0 Å². The zero-order valence-electron chi connectivity index (χ0n) is 19.5. The zero-order valence-corrected chi connectivity index (χ0v) is 19.5. The van der Waals surface area contributed by atoms with Crippen LogP contribution in [0.25, 0.3) is 0 Å². The summed E-state index contributed by atoms with van der Waals surface area (Å²) in [6, 6.07) is 21.9. The molecule has 0 aromatic heterocycles. The number of aliphatic carboxylic acids is 1. The van der Waals surface area contributed by atoms with E-state index in [1.54, 1.807) is 0 Å². The summed E-state index contributed by atoms with van der Waals surface area (Å²) >= 11 is 0. The highest BCUT2D eigenvalue weighted by atomic mass is 16.5. The first-order valence-corrected chi connectivity index (χ1v) is 11.9. The van der Waals surface area contributed by atoms with Gasteiger partial charge in [0, 0.05) is 41.0 Å². The Hall–Kier alpha value is -4.18. The molecule has 3 aromatic carbocycles. The number of rotatable bonds is 8. The van der Waals surface area contributed by atoms with Gasteiger partial charge in [0.15, 0.2) is 0 Å². The average Bonchev–Trinajstić information content (AvgIpc) is 3.46. The lowest BCUT2D eigenvalue weighted by Gasteiger charge is -2.26. The van der Waals surface area contributed by atoms with Crippen molar-refractivity contribution < 1.29 is 19.4 Å². The van der Waals surface area contributed by atoms with Gasteiger partial charge < -0.3 is 24.8 Å². The fraction of sp³-hybridized carbons (Fsp3) is 0.286. The molecule has 0 saturated heterocycles. The predicted octanol–water partition coefficient (Wildman–Crippen LogP) is 5.60. The van der Waals surface area contributed by atoms with Gasteiger partial charge in [0.1, 0.15) is 18.1 Å². The Balaban J connectivity index is 1.40. The largest absolute Gasteiger partial charge is 0.493 e. The van der Waals surface area contributed by atoms with Gasteiger partial charge >= 0.3 is 5.97 Å². The third-order valence-electron chi connectivity index (χ3n) is 6.47. The van der Waals surface area contributed by atoms with Crippen LogP contribution in [0.4, 0.5) is 17.1 Å². The summed E-state index contributed by atoms with van der Waals surface area (Å²) in [6.45, 7) is 3.81. The summed E-state index contributed by atoms with van der Waals surface area (Å²) in [7, 11) is 0. The highest BCUT2D eigenvalue weighted by Crippen LogP contribution is 2.45. The number of ether oxygens (including phenoxy) is 2. The summed E-state index contributed by atoms with van der Waals surface area (Å²) < 4.78 is 12.0. The Morgan fingerprint density at radius 3 is 2.77 bits per heavy atom. The van der Waals surface area contributed by atoms with Gasteiger partial charge in [0.2, 0.25) is 0 Å². The van der Waals surface area contributed by atoms with E-state index in [1.807, 2.05) is 48.5 Å². The highest BCUT2D eigenvalue weighted by molar-refractivity contribution is 5.73. The van der Waals surface area contributed by atoms with Crippen LogP contribution in [-0.4, -0.2) is 30.8 Å². The molecule has 0 bridgehead atoms. The standard InChI is InChI=1S/C28H27N3O4/c1-2-11-31(21-6-3-5-18(12-21)15-29)25-8-4-7-23-24(17-35-28(23)25)30-20-9-10-22-19(13-27(32)33)16-34-26(22)14-20/h3-10,12,14,19,24,30H,2,11,13,16-17H2,1H3,(H,32,33)/t19-,24-/m1/s1. The maximum Gasteiger partial charge on any atom is 0.304 e. The van der Waals surface area contributed by atoms with Crippen LogP contribution in [0.15, 0.2) is 60.7 Å². The van der Waals surface area contributed by atoms with Gasteiger partial charge in [-0.1, -0.05) is 31.2 Å². The van der Waals surface area contributed by atoms with E-state index in [9.17, 15) is 10.1 Å². The number of carboxylic acids is 1. The third kappa shape index (κ3) is 4.47. The lowest BCUT2D eigenvalue weighted by molar-refractivity contribution is -0.137. The van der Waals surface area contributed by atoms with Crippen LogP contribution in [0.5, 0.6) is 11.5 Å². The molecule has 0 amide bonds. The molecule has 3 aromatic rings. The third-order valence-corrected chi connectivity index (χ3v) is 6.47. The van der Waals surface area contributed by atoms with E-state index in [-0.39, 0.29) is 18.4 Å². The van der Waals surface area contributed by atoms with Crippen molar-refractivity contribution in [3.63, 3.8) is 0 Å². The molecule has 35 heavy (non-hydrogen) atoms. The quantitative estimate of drug-likeness (QED) is 0.443. The topological polar surface area (TPSA) is 94.8 Å². The Morgan fingerprint density at radius 1 is 1.11 bits per heavy atom. The van der Waals surface area contributed by atoms with Crippen LogP contribution in [0.2, 0.25) is 0 Å². The minimum absolute atomic E-state index is 0.0341. The lowest BCUT2D eigenvalue weighted by atomic mass is 9.97. The van der Waals surface area contributed by atoms with E-state index >= 15 is 0 Å². The van der Waals surface area contributed by atoms with E-state index in [1.165, 1.54) is 0 Å².